The van der Waals surface area contributed by atoms with E-state index < -0.39 is 0 Å². The second-order valence-corrected chi connectivity index (χ2v) is 8.91. The van der Waals surface area contributed by atoms with Gasteiger partial charge >= 0.3 is 0 Å². The molecule has 0 rings (SSSR count). The Labute approximate surface area is 149 Å². The normalized spacial score (nSPS) is 14.6. The minimum absolute atomic E-state index is 0.849. The van der Waals surface area contributed by atoms with E-state index in [4.69, 9.17) is 0 Å². The minimum atomic E-state index is 0.849. The summed E-state index contributed by atoms with van der Waals surface area (Å²) >= 11 is 0. The molecule has 0 N–H and O–H groups in total. The summed E-state index contributed by atoms with van der Waals surface area (Å²) in [6.07, 6.45) is 18.9. The van der Waals surface area contributed by atoms with Crippen LogP contribution in [0, 0.1) is 23.7 Å². The number of hydrogen-bond donors (Lipinski definition) is 0. The van der Waals surface area contributed by atoms with Gasteiger partial charge in [0, 0.05) is 0 Å². The van der Waals surface area contributed by atoms with E-state index in [0.717, 1.165) is 23.7 Å². The maximum atomic E-state index is 2.47. The molecule has 2 atom stereocenters. The van der Waals surface area contributed by atoms with Crippen LogP contribution in [0.15, 0.2) is 0 Å². The molecule has 0 aliphatic rings. The van der Waals surface area contributed by atoms with Gasteiger partial charge in [0.1, 0.15) is 0 Å². The van der Waals surface area contributed by atoms with Gasteiger partial charge in [0.25, 0.3) is 0 Å². The molecule has 0 fully saturated rings. The van der Waals surface area contributed by atoms with Gasteiger partial charge in [0.15, 0.2) is 0 Å². The highest BCUT2D eigenvalue weighted by Gasteiger charge is 2.15. The Morgan fingerprint density at radius 1 is 0.565 bits per heavy atom. The van der Waals surface area contributed by atoms with Crippen LogP contribution in [0.2, 0.25) is 0 Å². The smallest absolute Gasteiger partial charge is 0.0412 e. The SMILES string of the molecule is CCCCCCCCCC(CCCCC(C)C)CC(C)C(C)C. The highest BCUT2D eigenvalue weighted by Crippen LogP contribution is 2.28. The van der Waals surface area contributed by atoms with Gasteiger partial charge < -0.3 is 0 Å². The van der Waals surface area contributed by atoms with Crippen molar-refractivity contribution in [2.24, 2.45) is 23.7 Å². The fourth-order valence-corrected chi connectivity index (χ4v) is 3.55. The lowest BCUT2D eigenvalue weighted by atomic mass is 9.82. The van der Waals surface area contributed by atoms with Crippen molar-refractivity contribution in [2.75, 3.05) is 0 Å². The van der Waals surface area contributed by atoms with Gasteiger partial charge in [0.05, 0.1) is 0 Å². The fraction of sp³-hybridized carbons (Fsp3) is 1.00. The molecule has 0 aliphatic carbocycles. The Kier molecular flexibility index (Phi) is 15.5. The summed E-state index contributed by atoms with van der Waals surface area (Å²) < 4.78 is 0. The Hall–Kier alpha value is 0. The number of hydrogen-bond acceptors (Lipinski definition) is 0. The lowest BCUT2D eigenvalue weighted by Gasteiger charge is -2.23. The summed E-state index contributed by atoms with van der Waals surface area (Å²) in [5.74, 6) is 3.62. The maximum Gasteiger partial charge on any atom is -0.0412 e. The zero-order valence-corrected chi connectivity index (χ0v) is 17.5. The third-order valence-corrected chi connectivity index (χ3v) is 5.70. The third kappa shape index (κ3) is 15.3. The van der Waals surface area contributed by atoms with Crippen molar-refractivity contribution in [3.8, 4) is 0 Å². The Bertz CT molecular complexity index is 228. The fourth-order valence-electron chi connectivity index (χ4n) is 3.55. The molecule has 0 aromatic carbocycles. The van der Waals surface area contributed by atoms with Gasteiger partial charge in [-0.1, -0.05) is 119 Å². The zero-order valence-electron chi connectivity index (χ0n) is 17.5. The number of unbranched alkanes of at least 4 members (excludes halogenated alkanes) is 7. The van der Waals surface area contributed by atoms with Crippen LogP contribution in [-0.2, 0) is 0 Å². The van der Waals surface area contributed by atoms with E-state index in [1.807, 2.05) is 0 Å². The summed E-state index contributed by atoms with van der Waals surface area (Å²) in [5, 5.41) is 0. The van der Waals surface area contributed by atoms with Gasteiger partial charge in [0.2, 0.25) is 0 Å². The van der Waals surface area contributed by atoms with E-state index in [2.05, 4.69) is 41.5 Å². The Morgan fingerprint density at radius 3 is 1.57 bits per heavy atom. The lowest BCUT2D eigenvalue weighted by molar-refractivity contribution is 0.281. The van der Waals surface area contributed by atoms with E-state index in [9.17, 15) is 0 Å². The highest BCUT2D eigenvalue weighted by molar-refractivity contribution is 4.67. The molecule has 0 bridgehead atoms. The van der Waals surface area contributed by atoms with Crippen LogP contribution < -0.4 is 0 Å². The van der Waals surface area contributed by atoms with Crippen LogP contribution in [0.5, 0.6) is 0 Å². The first-order valence-corrected chi connectivity index (χ1v) is 11.0. The highest BCUT2D eigenvalue weighted by atomic mass is 14.2. The average Bonchev–Trinajstić information content (AvgIpc) is 2.49. The molecule has 2 unspecified atom stereocenters. The van der Waals surface area contributed by atoms with Crippen LogP contribution in [0.1, 0.15) is 125 Å². The van der Waals surface area contributed by atoms with Crippen molar-refractivity contribution in [2.45, 2.75) is 125 Å². The molecule has 0 nitrogen and oxygen atoms in total. The van der Waals surface area contributed by atoms with E-state index in [-0.39, 0.29) is 0 Å². The molecule has 140 valence electrons. The van der Waals surface area contributed by atoms with Crippen LogP contribution in [-0.4, -0.2) is 0 Å². The van der Waals surface area contributed by atoms with E-state index in [1.54, 1.807) is 0 Å². The van der Waals surface area contributed by atoms with E-state index in [0.29, 0.717) is 0 Å². The van der Waals surface area contributed by atoms with Crippen molar-refractivity contribution in [3.63, 3.8) is 0 Å². The van der Waals surface area contributed by atoms with Crippen LogP contribution in [0.25, 0.3) is 0 Å². The van der Waals surface area contributed by atoms with Crippen molar-refractivity contribution in [3.05, 3.63) is 0 Å². The first-order valence-electron chi connectivity index (χ1n) is 11.0. The molecule has 0 radical (unpaired) electrons. The molecule has 0 saturated heterocycles. The summed E-state index contributed by atoms with van der Waals surface area (Å²) in [4.78, 5) is 0. The molecular formula is C23H48. The summed E-state index contributed by atoms with van der Waals surface area (Å²) in [5.41, 5.74) is 0. The Balaban J connectivity index is 3.92. The van der Waals surface area contributed by atoms with E-state index >= 15 is 0 Å². The van der Waals surface area contributed by atoms with Crippen molar-refractivity contribution >= 4 is 0 Å². The molecule has 0 heterocycles. The van der Waals surface area contributed by atoms with Gasteiger partial charge in [-0.05, 0) is 30.1 Å². The Morgan fingerprint density at radius 2 is 1.04 bits per heavy atom. The standard InChI is InChI=1S/C23H48/c1-7-8-9-10-11-12-13-17-23(19-22(6)21(4)5)18-15-14-16-20(2)3/h20-23H,7-19H2,1-6H3. The summed E-state index contributed by atoms with van der Waals surface area (Å²) in [7, 11) is 0. The van der Waals surface area contributed by atoms with Crippen molar-refractivity contribution < 1.29 is 0 Å². The molecule has 23 heavy (non-hydrogen) atoms. The van der Waals surface area contributed by atoms with Crippen molar-refractivity contribution in [1.29, 1.82) is 0 Å². The average molecular weight is 325 g/mol. The van der Waals surface area contributed by atoms with Gasteiger partial charge in [-0.15, -0.1) is 0 Å². The van der Waals surface area contributed by atoms with Gasteiger partial charge in [-0.25, -0.2) is 0 Å². The quantitative estimate of drug-likeness (QED) is 0.249. The van der Waals surface area contributed by atoms with Crippen LogP contribution in [0.4, 0.5) is 0 Å². The third-order valence-electron chi connectivity index (χ3n) is 5.70. The maximum absolute atomic E-state index is 2.47. The molecule has 0 aliphatic heterocycles. The second kappa shape index (κ2) is 15.5. The topological polar surface area (TPSA) is 0 Å². The van der Waals surface area contributed by atoms with E-state index in [1.165, 1.54) is 83.5 Å². The first-order chi connectivity index (χ1) is 11.0. The van der Waals surface area contributed by atoms with Gasteiger partial charge in [-0.2, -0.15) is 0 Å². The van der Waals surface area contributed by atoms with Crippen LogP contribution in [0.3, 0.4) is 0 Å². The molecule has 0 aromatic heterocycles. The molecule has 0 saturated carbocycles. The summed E-state index contributed by atoms with van der Waals surface area (Å²) in [6, 6.07) is 0. The van der Waals surface area contributed by atoms with Crippen LogP contribution >= 0.6 is 0 Å². The molecule has 0 spiro atoms. The number of rotatable bonds is 16. The summed E-state index contributed by atoms with van der Waals surface area (Å²) in [6.45, 7) is 14.3. The minimum Gasteiger partial charge on any atom is -0.0654 e. The zero-order chi connectivity index (χ0) is 17.5. The van der Waals surface area contributed by atoms with Gasteiger partial charge in [-0.3, -0.25) is 0 Å². The molecular weight excluding hydrogens is 276 g/mol. The molecule has 0 aromatic rings. The molecule has 0 heteroatoms. The predicted molar refractivity (Wildman–Crippen MR) is 108 cm³/mol. The second-order valence-electron chi connectivity index (χ2n) is 8.91. The predicted octanol–water partition coefficient (Wildman–Crippen LogP) is 8.64. The largest absolute Gasteiger partial charge is 0.0654 e. The van der Waals surface area contributed by atoms with Crippen molar-refractivity contribution in [1.82, 2.24) is 0 Å². The molecule has 0 amide bonds. The lowest BCUT2D eigenvalue weighted by Crippen LogP contribution is -2.12. The first kappa shape index (κ1) is 23.0. The monoisotopic (exact) mass is 324 g/mol.